The standard InChI is InChI=1S/C23H25N3O/c1-3-17-4-10-20(11-5-17)23-22-21(24-15-25-22)12-13-26(23)14-18-6-8-19(9-7-18)16(2)27/h4-11,15,23H,3,12-14H2,1-2H3,(H,24,25)/t23-/m0/s1. The van der Waals surface area contributed by atoms with Crippen molar-refractivity contribution in [3.8, 4) is 0 Å². The van der Waals surface area contributed by atoms with Crippen LogP contribution in [0.4, 0.5) is 0 Å². The average molecular weight is 359 g/mol. The number of nitrogens with zero attached hydrogens (tertiary/aromatic N) is 2. The van der Waals surface area contributed by atoms with E-state index in [1.165, 1.54) is 22.4 Å². The Morgan fingerprint density at radius 2 is 1.81 bits per heavy atom. The number of aromatic amines is 1. The minimum atomic E-state index is 0.106. The number of H-pyrrole nitrogens is 1. The Balaban J connectivity index is 1.64. The number of hydrogen-bond acceptors (Lipinski definition) is 3. The van der Waals surface area contributed by atoms with Crippen molar-refractivity contribution >= 4 is 5.78 Å². The molecule has 1 aromatic heterocycles. The number of Topliss-reactive ketones (excluding diaryl/α,β-unsaturated/α-hetero) is 1. The highest BCUT2D eigenvalue weighted by Crippen LogP contribution is 2.34. The van der Waals surface area contributed by atoms with Crippen LogP contribution >= 0.6 is 0 Å². The maximum atomic E-state index is 11.5. The summed E-state index contributed by atoms with van der Waals surface area (Å²) in [5.41, 5.74) is 6.98. The number of fused-ring (bicyclic) bond motifs is 1. The molecule has 4 rings (SSSR count). The lowest BCUT2D eigenvalue weighted by molar-refractivity contribution is 0.101. The molecule has 27 heavy (non-hydrogen) atoms. The van der Waals surface area contributed by atoms with Gasteiger partial charge in [-0.15, -0.1) is 0 Å². The molecule has 4 heteroatoms. The van der Waals surface area contributed by atoms with Gasteiger partial charge in [-0.2, -0.15) is 0 Å². The Morgan fingerprint density at radius 1 is 1.11 bits per heavy atom. The van der Waals surface area contributed by atoms with Crippen molar-refractivity contribution < 1.29 is 4.79 Å². The minimum Gasteiger partial charge on any atom is -0.348 e. The molecule has 1 aliphatic rings. The fraction of sp³-hybridized carbons (Fsp3) is 0.304. The van der Waals surface area contributed by atoms with Crippen LogP contribution in [0.1, 0.15) is 58.3 Å². The van der Waals surface area contributed by atoms with Gasteiger partial charge in [0.05, 0.1) is 18.1 Å². The smallest absolute Gasteiger partial charge is 0.159 e. The van der Waals surface area contributed by atoms with E-state index in [2.05, 4.69) is 58.2 Å². The van der Waals surface area contributed by atoms with E-state index in [9.17, 15) is 4.79 Å². The van der Waals surface area contributed by atoms with Crippen molar-refractivity contribution in [1.29, 1.82) is 0 Å². The molecule has 1 atom stereocenters. The van der Waals surface area contributed by atoms with Gasteiger partial charge >= 0.3 is 0 Å². The molecule has 0 radical (unpaired) electrons. The molecule has 0 aliphatic carbocycles. The van der Waals surface area contributed by atoms with Crippen molar-refractivity contribution in [2.75, 3.05) is 6.54 Å². The lowest BCUT2D eigenvalue weighted by Gasteiger charge is -2.35. The molecule has 3 aromatic rings. The first kappa shape index (κ1) is 17.7. The molecule has 0 saturated carbocycles. The molecule has 0 unspecified atom stereocenters. The molecule has 1 aliphatic heterocycles. The molecule has 0 amide bonds. The zero-order valence-corrected chi connectivity index (χ0v) is 15.9. The van der Waals surface area contributed by atoms with E-state index in [0.717, 1.165) is 37.2 Å². The summed E-state index contributed by atoms with van der Waals surface area (Å²) < 4.78 is 0. The van der Waals surface area contributed by atoms with Crippen LogP contribution in [0.2, 0.25) is 0 Å². The third-order valence-electron chi connectivity index (χ3n) is 5.47. The largest absolute Gasteiger partial charge is 0.348 e. The van der Waals surface area contributed by atoms with Gasteiger partial charge in [-0.3, -0.25) is 9.69 Å². The van der Waals surface area contributed by atoms with Gasteiger partial charge in [0.15, 0.2) is 5.78 Å². The Hall–Kier alpha value is -2.72. The Kier molecular flexibility index (Phi) is 4.90. The molecule has 138 valence electrons. The lowest BCUT2D eigenvalue weighted by atomic mass is 9.94. The van der Waals surface area contributed by atoms with Crippen LogP contribution in [-0.4, -0.2) is 27.2 Å². The quantitative estimate of drug-likeness (QED) is 0.690. The number of benzene rings is 2. The van der Waals surface area contributed by atoms with Gasteiger partial charge in [-0.25, -0.2) is 4.98 Å². The first-order chi connectivity index (χ1) is 13.2. The topological polar surface area (TPSA) is 49.0 Å². The molecule has 2 aromatic carbocycles. The SMILES string of the molecule is CCc1ccc([C@H]2c3nc[nH]c3CCN2Cc2ccc(C(C)=O)cc2)cc1. The molecule has 0 saturated heterocycles. The van der Waals surface area contributed by atoms with E-state index in [1.807, 2.05) is 18.5 Å². The summed E-state index contributed by atoms with van der Waals surface area (Å²) in [6, 6.07) is 17.0. The normalized spacial score (nSPS) is 16.9. The third kappa shape index (κ3) is 3.58. The number of hydrogen-bond donors (Lipinski definition) is 1. The number of rotatable bonds is 5. The summed E-state index contributed by atoms with van der Waals surface area (Å²) in [5, 5.41) is 0. The first-order valence-corrected chi connectivity index (χ1v) is 9.60. The maximum Gasteiger partial charge on any atom is 0.159 e. The Morgan fingerprint density at radius 3 is 2.48 bits per heavy atom. The van der Waals surface area contributed by atoms with Gasteiger partial charge in [-0.05, 0) is 30.0 Å². The van der Waals surface area contributed by atoms with Crippen molar-refractivity contribution in [2.45, 2.75) is 39.3 Å². The van der Waals surface area contributed by atoms with Crippen LogP contribution in [0, 0.1) is 0 Å². The zero-order chi connectivity index (χ0) is 18.8. The van der Waals surface area contributed by atoms with E-state index in [-0.39, 0.29) is 11.8 Å². The second kappa shape index (κ2) is 7.49. The van der Waals surface area contributed by atoms with Crippen molar-refractivity contribution in [3.63, 3.8) is 0 Å². The molecule has 4 nitrogen and oxygen atoms in total. The molecule has 2 heterocycles. The predicted molar refractivity (Wildman–Crippen MR) is 107 cm³/mol. The third-order valence-corrected chi connectivity index (χ3v) is 5.47. The van der Waals surface area contributed by atoms with Gasteiger partial charge in [-0.1, -0.05) is 55.5 Å². The van der Waals surface area contributed by atoms with Gasteiger partial charge in [0.1, 0.15) is 0 Å². The van der Waals surface area contributed by atoms with Crippen LogP contribution in [0.25, 0.3) is 0 Å². The number of aromatic nitrogens is 2. The number of nitrogens with one attached hydrogen (secondary N) is 1. The van der Waals surface area contributed by atoms with Crippen molar-refractivity contribution in [3.05, 3.63) is 88.5 Å². The van der Waals surface area contributed by atoms with E-state index >= 15 is 0 Å². The zero-order valence-electron chi connectivity index (χ0n) is 15.9. The maximum absolute atomic E-state index is 11.5. The molecule has 0 fully saturated rings. The number of carbonyl (C=O) groups is 1. The van der Waals surface area contributed by atoms with Crippen LogP contribution in [0.3, 0.4) is 0 Å². The summed E-state index contributed by atoms with van der Waals surface area (Å²) in [5.74, 6) is 0.106. The van der Waals surface area contributed by atoms with Gasteiger partial charge in [0, 0.05) is 30.8 Å². The first-order valence-electron chi connectivity index (χ1n) is 9.60. The second-order valence-corrected chi connectivity index (χ2v) is 7.24. The molecule has 0 bridgehead atoms. The molecule has 0 spiro atoms. The van der Waals surface area contributed by atoms with E-state index < -0.39 is 0 Å². The van der Waals surface area contributed by atoms with Gasteiger partial charge < -0.3 is 4.98 Å². The minimum absolute atomic E-state index is 0.106. The number of imidazole rings is 1. The monoisotopic (exact) mass is 359 g/mol. The highest BCUT2D eigenvalue weighted by Gasteiger charge is 2.30. The van der Waals surface area contributed by atoms with E-state index in [0.29, 0.717) is 0 Å². The van der Waals surface area contributed by atoms with Crippen molar-refractivity contribution in [2.24, 2.45) is 0 Å². The van der Waals surface area contributed by atoms with Crippen molar-refractivity contribution in [1.82, 2.24) is 14.9 Å². The highest BCUT2D eigenvalue weighted by molar-refractivity contribution is 5.94. The average Bonchev–Trinajstić information content (AvgIpc) is 3.17. The Labute approximate surface area is 160 Å². The van der Waals surface area contributed by atoms with E-state index in [1.54, 1.807) is 6.92 Å². The Bertz CT molecular complexity index is 925. The fourth-order valence-electron chi connectivity index (χ4n) is 3.88. The van der Waals surface area contributed by atoms with Crippen LogP contribution in [0.15, 0.2) is 54.9 Å². The van der Waals surface area contributed by atoms with Gasteiger partial charge in [0.25, 0.3) is 0 Å². The lowest BCUT2D eigenvalue weighted by Crippen LogP contribution is -2.35. The van der Waals surface area contributed by atoms with Crippen LogP contribution < -0.4 is 0 Å². The highest BCUT2D eigenvalue weighted by atomic mass is 16.1. The van der Waals surface area contributed by atoms with Gasteiger partial charge in [0.2, 0.25) is 0 Å². The number of ketones is 1. The summed E-state index contributed by atoms with van der Waals surface area (Å²) >= 11 is 0. The fourth-order valence-corrected chi connectivity index (χ4v) is 3.88. The molecule has 1 N–H and O–H groups in total. The summed E-state index contributed by atoms with van der Waals surface area (Å²) in [6.45, 7) is 5.60. The number of carbonyl (C=O) groups excluding carboxylic acids is 1. The van der Waals surface area contributed by atoms with Crippen LogP contribution in [0.5, 0.6) is 0 Å². The molecular weight excluding hydrogens is 334 g/mol. The summed E-state index contributed by atoms with van der Waals surface area (Å²) in [6.07, 6.45) is 3.83. The number of aryl methyl sites for hydroxylation is 1. The second-order valence-electron chi connectivity index (χ2n) is 7.24. The summed E-state index contributed by atoms with van der Waals surface area (Å²) in [7, 11) is 0. The summed E-state index contributed by atoms with van der Waals surface area (Å²) in [4.78, 5) is 22.0. The predicted octanol–water partition coefficient (Wildman–Crippen LogP) is 4.32. The van der Waals surface area contributed by atoms with Crippen LogP contribution in [-0.2, 0) is 19.4 Å². The molecular formula is C23H25N3O. The van der Waals surface area contributed by atoms with E-state index in [4.69, 9.17) is 0 Å².